The zero-order valence-corrected chi connectivity index (χ0v) is 12.6. The summed E-state index contributed by atoms with van der Waals surface area (Å²) in [6, 6.07) is 3.38. The molecule has 1 atom stereocenters. The summed E-state index contributed by atoms with van der Waals surface area (Å²) in [7, 11) is 0. The van der Waals surface area contributed by atoms with Crippen molar-refractivity contribution in [1.29, 1.82) is 0 Å². The molecule has 0 radical (unpaired) electrons. The number of aliphatic carboxylic acids is 1. The van der Waals surface area contributed by atoms with Crippen molar-refractivity contribution in [2.45, 2.75) is 32.2 Å². The Morgan fingerprint density at radius 2 is 2.14 bits per heavy atom. The van der Waals surface area contributed by atoms with E-state index < -0.39 is 5.97 Å². The third-order valence-electron chi connectivity index (χ3n) is 3.96. The number of hydrogen-bond donors (Lipinski definition) is 2. The lowest BCUT2D eigenvalue weighted by molar-refractivity contribution is -0.145. The second-order valence-electron chi connectivity index (χ2n) is 5.50. The summed E-state index contributed by atoms with van der Waals surface area (Å²) in [6.07, 6.45) is 3.76. The molecular formula is C15H21N3O4. The quantitative estimate of drug-likeness (QED) is 0.865. The highest BCUT2D eigenvalue weighted by atomic mass is 16.4. The lowest BCUT2D eigenvalue weighted by Crippen LogP contribution is -2.43. The first-order chi connectivity index (χ1) is 10.5. The number of H-pyrrole nitrogens is 1. The van der Waals surface area contributed by atoms with Crippen LogP contribution in [0, 0.1) is 0 Å². The molecule has 1 saturated heterocycles. The molecule has 1 aliphatic rings. The molecule has 2 N–H and O–H groups in total. The van der Waals surface area contributed by atoms with Crippen molar-refractivity contribution in [3.63, 3.8) is 0 Å². The van der Waals surface area contributed by atoms with Crippen molar-refractivity contribution in [3.8, 4) is 0 Å². The zero-order valence-electron chi connectivity index (χ0n) is 12.6. The summed E-state index contributed by atoms with van der Waals surface area (Å²) in [5.41, 5.74) is 0.549. The summed E-state index contributed by atoms with van der Waals surface area (Å²) < 4.78 is 0. The Bertz CT molecular complexity index is 541. The number of aromatic nitrogens is 1. The maximum Gasteiger partial charge on any atom is 0.323 e. The van der Waals surface area contributed by atoms with Crippen LogP contribution in [0.1, 0.15) is 36.7 Å². The van der Waals surface area contributed by atoms with Gasteiger partial charge in [-0.05, 0) is 31.4 Å². The predicted molar refractivity (Wildman–Crippen MR) is 79.4 cm³/mol. The number of rotatable bonds is 4. The first-order valence-corrected chi connectivity index (χ1v) is 7.40. The van der Waals surface area contributed by atoms with Crippen LogP contribution >= 0.6 is 0 Å². The molecule has 0 aliphatic carbocycles. The highest BCUT2D eigenvalue weighted by molar-refractivity contribution is 5.92. The lowest BCUT2D eigenvalue weighted by Gasteiger charge is -2.28. The minimum absolute atomic E-state index is 0.0572. The predicted octanol–water partition coefficient (Wildman–Crippen LogP) is 0.942. The number of carbonyl (C=O) groups is 3. The van der Waals surface area contributed by atoms with E-state index in [4.69, 9.17) is 5.11 Å². The van der Waals surface area contributed by atoms with Gasteiger partial charge >= 0.3 is 5.97 Å². The van der Waals surface area contributed by atoms with E-state index in [0.717, 1.165) is 6.42 Å². The van der Waals surface area contributed by atoms with Crippen LogP contribution in [0.3, 0.4) is 0 Å². The average Bonchev–Trinajstić information content (AvgIpc) is 2.89. The van der Waals surface area contributed by atoms with Crippen molar-refractivity contribution in [3.05, 3.63) is 24.0 Å². The summed E-state index contributed by atoms with van der Waals surface area (Å²) in [5.74, 6) is -1.31. The van der Waals surface area contributed by atoms with Crippen LogP contribution in [0.25, 0.3) is 0 Å². The molecule has 120 valence electrons. The van der Waals surface area contributed by atoms with Crippen LogP contribution in [0.4, 0.5) is 0 Å². The van der Waals surface area contributed by atoms with Crippen LogP contribution < -0.4 is 0 Å². The normalized spacial score (nSPS) is 18.6. The molecule has 7 nitrogen and oxygen atoms in total. The molecule has 2 heterocycles. The van der Waals surface area contributed by atoms with Crippen molar-refractivity contribution < 1.29 is 19.5 Å². The van der Waals surface area contributed by atoms with Gasteiger partial charge in [0.15, 0.2) is 0 Å². The lowest BCUT2D eigenvalue weighted by atomic mass is 10.1. The Balaban J connectivity index is 2.01. The fourth-order valence-electron chi connectivity index (χ4n) is 2.87. The number of carboxylic acid groups (broad SMARTS) is 1. The van der Waals surface area contributed by atoms with Crippen molar-refractivity contribution in [2.75, 3.05) is 19.6 Å². The Hall–Kier alpha value is -2.31. The van der Waals surface area contributed by atoms with Crippen LogP contribution in [0.15, 0.2) is 18.3 Å². The minimum atomic E-state index is -1.02. The van der Waals surface area contributed by atoms with Gasteiger partial charge in [-0.2, -0.15) is 0 Å². The maximum absolute atomic E-state index is 12.3. The van der Waals surface area contributed by atoms with E-state index >= 15 is 0 Å². The second-order valence-corrected chi connectivity index (χ2v) is 5.50. The van der Waals surface area contributed by atoms with Gasteiger partial charge in [0.2, 0.25) is 5.91 Å². The SMILES string of the molecule is CC(=O)N(CC(=O)O)[C@@H]1CCCN(C(=O)c2ccc[nH]2)CC1. The molecule has 0 saturated carbocycles. The summed E-state index contributed by atoms with van der Waals surface area (Å²) in [6.45, 7) is 2.24. The highest BCUT2D eigenvalue weighted by Crippen LogP contribution is 2.18. The smallest absolute Gasteiger partial charge is 0.323 e. The number of carboxylic acids is 1. The molecule has 7 heteroatoms. The van der Waals surface area contributed by atoms with Gasteiger partial charge in [-0.3, -0.25) is 14.4 Å². The third-order valence-corrected chi connectivity index (χ3v) is 3.96. The average molecular weight is 307 g/mol. The van der Waals surface area contributed by atoms with E-state index in [9.17, 15) is 14.4 Å². The van der Waals surface area contributed by atoms with Crippen LogP contribution in [0.2, 0.25) is 0 Å². The molecule has 0 aromatic carbocycles. The summed E-state index contributed by atoms with van der Waals surface area (Å²) in [4.78, 5) is 40.9. The van der Waals surface area contributed by atoms with Crippen LogP contribution in [-0.2, 0) is 9.59 Å². The zero-order chi connectivity index (χ0) is 16.1. The molecule has 2 amide bonds. The van der Waals surface area contributed by atoms with Gasteiger partial charge in [-0.15, -0.1) is 0 Å². The molecule has 1 aromatic heterocycles. The molecule has 22 heavy (non-hydrogen) atoms. The van der Waals surface area contributed by atoms with E-state index in [1.165, 1.54) is 11.8 Å². The third kappa shape index (κ3) is 3.87. The Morgan fingerprint density at radius 3 is 2.73 bits per heavy atom. The summed E-state index contributed by atoms with van der Waals surface area (Å²) in [5, 5.41) is 8.94. The van der Waals surface area contributed by atoms with Crippen LogP contribution in [0.5, 0.6) is 0 Å². The number of amides is 2. The molecule has 1 fully saturated rings. The van der Waals surface area contributed by atoms with Gasteiger partial charge in [-0.1, -0.05) is 0 Å². The van der Waals surface area contributed by atoms with E-state index in [0.29, 0.717) is 31.6 Å². The molecule has 0 spiro atoms. The topological polar surface area (TPSA) is 93.7 Å². The Labute approximate surface area is 128 Å². The van der Waals surface area contributed by atoms with Gasteiger partial charge in [0.1, 0.15) is 12.2 Å². The molecular weight excluding hydrogens is 286 g/mol. The standard InChI is InChI=1S/C15H21N3O4/c1-11(19)18(10-14(20)21)12-4-3-8-17(9-6-12)15(22)13-5-2-7-16-13/h2,5,7,12,16H,3-4,6,8-10H2,1H3,(H,20,21)/t12-/m1/s1. The molecule has 2 rings (SSSR count). The highest BCUT2D eigenvalue weighted by Gasteiger charge is 2.28. The number of hydrogen-bond acceptors (Lipinski definition) is 3. The second kappa shape index (κ2) is 7.11. The number of nitrogens with one attached hydrogen (secondary N) is 1. The molecule has 1 aliphatic heterocycles. The number of likely N-dealkylation sites (tertiary alicyclic amines) is 1. The fraction of sp³-hybridized carbons (Fsp3) is 0.533. The maximum atomic E-state index is 12.3. The fourth-order valence-corrected chi connectivity index (χ4v) is 2.87. The summed E-state index contributed by atoms with van der Waals surface area (Å²) >= 11 is 0. The monoisotopic (exact) mass is 307 g/mol. The first kappa shape index (κ1) is 16.1. The van der Waals surface area contributed by atoms with Gasteiger partial charge < -0.3 is 19.9 Å². The van der Waals surface area contributed by atoms with Crippen molar-refractivity contribution >= 4 is 17.8 Å². The van der Waals surface area contributed by atoms with E-state index in [2.05, 4.69) is 4.98 Å². The first-order valence-electron chi connectivity index (χ1n) is 7.40. The molecule has 0 bridgehead atoms. The van der Waals surface area contributed by atoms with Gasteiger partial charge in [0.25, 0.3) is 5.91 Å². The molecule has 0 unspecified atom stereocenters. The van der Waals surface area contributed by atoms with Gasteiger partial charge in [0.05, 0.1) is 0 Å². The Kier molecular flexibility index (Phi) is 5.19. The molecule has 1 aromatic rings. The number of aromatic amines is 1. The minimum Gasteiger partial charge on any atom is -0.480 e. The van der Waals surface area contributed by atoms with E-state index in [-0.39, 0.29) is 24.4 Å². The van der Waals surface area contributed by atoms with Crippen molar-refractivity contribution in [1.82, 2.24) is 14.8 Å². The number of carbonyl (C=O) groups excluding carboxylic acids is 2. The van der Waals surface area contributed by atoms with Gasteiger partial charge in [0, 0.05) is 32.3 Å². The van der Waals surface area contributed by atoms with Gasteiger partial charge in [-0.25, -0.2) is 0 Å². The van der Waals surface area contributed by atoms with E-state index in [1.807, 2.05) is 0 Å². The number of nitrogens with zero attached hydrogens (tertiary/aromatic N) is 2. The van der Waals surface area contributed by atoms with E-state index in [1.54, 1.807) is 23.2 Å². The van der Waals surface area contributed by atoms with Crippen LogP contribution in [-0.4, -0.2) is 63.4 Å². The Morgan fingerprint density at radius 1 is 1.36 bits per heavy atom. The van der Waals surface area contributed by atoms with Crippen molar-refractivity contribution in [2.24, 2.45) is 0 Å². The largest absolute Gasteiger partial charge is 0.480 e.